The SMILES string of the molecule is C#Cc1ccc(CN2CC(CCc3cccc4c3CN(C3CCC(=O)NC3=O)C4=O)C2)cn1. The first-order chi connectivity index (χ1) is 16.0. The highest BCUT2D eigenvalue weighted by Gasteiger charge is 2.39. The molecule has 168 valence electrons. The molecule has 2 saturated heterocycles. The normalized spacial score (nSPS) is 20.9. The first kappa shape index (κ1) is 21.4. The van der Waals surface area contributed by atoms with Gasteiger partial charge in [0.25, 0.3) is 5.91 Å². The molecular weight excluding hydrogens is 416 g/mol. The van der Waals surface area contributed by atoms with Crippen LogP contribution in [0.3, 0.4) is 0 Å². The van der Waals surface area contributed by atoms with Gasteiger partial charge in [-0.05, 0) is 54.0 Å². The molecular formula is C26H26N4O3. The fourth-order valence-electron chi connectivity index (χ4n) is 5.09. The molecule has 1 aromatic carbocycles. The number of carbonyl (C=O) groups excluding carboxylic acids is 3. The number of pyridine rings is 1. The number of aromatic nitrogens is 1. The summed E-state index contributed by atoms with van der Waals surface area (Å²) >= 11 is 0. The summed E-state index contributed by atoms with van der Waals surface area (Å²) in [6.07, 6.45) is 9.84. The maximum absolute atomic E-state index is 13.0. The van der Waals surface area contributed by atoms with Gasteiger partial charge in [0.05, 0.1) is 0 Å². The number of carbonyl (C=O) groups is 3. The van der Waals surface area contributed by atoms with Crippen LogP contribution in [0.25, 0.3) is 0 Å². The molecule has 1 N–H and O–H groups in total. The van der Waals surface area contributed by atoms with Crippen LogP contribution in [0, 0.1) is 18.3 Å². The Balaban J connectivity index is 1.16. The summed E-state index contributed by atoms with van der Waals surface area (Å²) in [5, 5.41) is 2.36. The summed E-state index contributed by atoms with van der Waals surface area (Å²) in [5.74, 6) is 2.42. The van der Waals surface area contributed by atoms with Gasteiger partial charge in [-0.3, -0.25) is 24.6 Å². The first-order valence-corrected chi connectivity index (χ1v) is 11.4. The number of hydrogen-bond acceptors (Lipinski definition) is 5. The van der Waals surface area contributed by atoms with E-state index in [1.54, 1.807) is 4.90 Å². The van der Waals surface area contributed by atoms with Crippen molar-refractivity contribution in [1.82, 2.24) is 20.1 Å². The molecule has 3 amide bonds. The van der Waals surface area contributed by atoms with Gasteiger partial charge in [-0.15, -0.1) is 6.42 Å². The molecule has 0 saturated carbocycles. The maximum atomic E-state index is 13.0. The summed E-state index contributed by atoms with van der Waals surface area (Å²) in [6.45, 7) is 3.42. The molecule has 3 aliphatic heterocycles. The fraction of sp³-hybridized carbons (Fsp3) is 0.385. The lowest BCUT2D eigenvalue weighted by molar-refractivity contribution is -0.136. The molecule has 0 bridgehead atoms. The van der Waals surface area contributed by atoms with Crippen LogP contribution in [0.1, 0.15) is 52.0 Å². The highest BCUT2D eigenvalue weighted by Crippen LogP contribution is 2.31. The minimum Gasteiger partial charge on any atom is -0.322 e. The zero-order chi connectivity index (χ0) is 22.9. The number of aryl methyl sites for hydroxylation is 1. The van der Waals surface area contributed by atoms with Crippen molar-refractivity contribution in [3.63, 3.8) is 0 Å². The second-order valence-corrected chi connectivity index (χ2v) is 9.14. The van der Waals surface area contributed by atoms with E-state index in [0.717, 1.165) is 38.0 Å². The third kappa shape index (κ3) is 4.27. The van der Waals surface area contributed by atoms with E-state index in [1.165, 1.54) is 11.1 Å². The van der Waals surface area contributed by atoms with Gasteiger partial charge >= 0.3 is 0 Å². The third-order valence-corrected chi connectivity index (χ3v) is 6.91. The van der Waals surface area contributed by atoms with Crippen LogP contribution >= 0.6 is 0 Å². The molecule has 1 aromatic heterocycles. The van der Waals surface area contributed by atoms with Gasteiger partial charge < -0.3 is 4.90 Å². The van der Waals surface area contributed by atoms with Crippen molar-refractivity contribution in [2.45, 2.75) is 44.8 Å². The largest absolute Gasteiger partial charge is 0.322 e. The van der Waals surface area contributed by atoms with E-state index >= 15 is 0 Å². The number of nitrogens with zero attached hydrogens (tertiary/aromatic N) is 3. The lowest BCUT2D eigenvalue weighted by atomic mass is 9.90. The Hall–Kier alpha value is -3.50. The number of fused-ring (bicyclic) bond motifs is 1. The van der Waals surface area contributed by atoms with Crippen molar-refractivity contribution in [1.29, 1.82) is 0 Å². The van der Waals surface area contributed by atoms with Crippen LogP contribution in [0.15, 0.2) is 36.5 Å². The topological polar surface area (TPSA) is 82.6 Å². The van der Waals surface area contributed by atoms with E-state index in [-0.39, 0.29) is 24.1 Å². The van der Waals surface area contributed by atoms with E-state index in [1.807, 2.05) is 30.5 Å². The zero-order valence-electron chi connectivity index (χ0n) is 18.4. The molecule has 0 radical (unpaired) electrons. The molecule has 5 rings (SSSR count). The Morgan fingerprint density at radius 1 is 1.15 bits per heavy atom. The van der Waals surface area contributed by atoms with Crippen LogP contribution in [-0.2, 0) is 29.1 Å². The van der Waals surface area contributed by atoms with E-state index in [2.05, 4.69) is 27.2 Å². The molecule has 1 atom stereocenters. The van der Waals surface area contributed by atoms with Crippen LogP contribution in [0.2, 0.25) is 0 Å². The number of imide groups is 1. The van der Waals surface area contributed by atoms with Crippen molar-refractivity contribution < 1.29 is 14.4 Å². The third-order valence-electron chi connectivity index (χ3n) is 6.91. The second-order valence-electron chi connectivity index (χ2n) is 9.14. The number of terminal acetylenes is 1. The molecule has 3 aliphatic rings. The van der Waals surface area contributed by atoms with Gasteiger partial charge in [0, 0.05) is 44.4 Å². The van der Waals surface area contributed by atoms with Crippen molar-refractivity contribution in [3.05, 3.63) is 64.5 Å². The summed E-state index contributed by atoms with van der Waals surface area (Å²) in [6, 6.07) is 9.21. The van der Waals surface area contributed by atoms with Gasteiger partial charge in [0.2, 0.25) is 11.8 Å². The number of amides is 3. The van der Waals surface area contributed by atoms with E-state index in [0.29, 0.717) is 30.1 Å². The fourth-order valence-corrected chi connectivity index (χ4v) is 5.09. The number of piperidine rings is 1. The Kier molecular flexibility index (Phi) is 5.69. The van der Waals surface area contributed by atoms with Crippen molar-refractivity contribution in [2.24, 2.45) is 5.92 Å². The number of nitrogens with one attached hydrogen (secondary N) is 1. The number of hydrogen-bond donors (Lipinski definition) is 1. The Bertz CT molecular complexity index is 1150. The van der Waals surface area contributed by atoms with Gasteiger partial charge in [-0.25, -0.2) is 4.98 Å². The first-order valence-electron chi connectivity index (χ1n) is 11.4. The molecule has 33 heavy (non-hydrogen) atoms. The van der Waals surface area contributed by atoms with E-state index in [4.69, 9.17) is 6.42 Å². The number of likely N-dealkylation sites (tertiary alicyclic amines) is 1. The summed E-state index contributed by atoms with van der Waals surface area (Å²) in [7, 11) is 0. The average Bonchev–Trinajstić information content (AvgIpc) is 3.12. The molecule has 4 heterocycles. The highest BCUT2D eigenvalue weighted by atomic mass is 16.2. The van der Waals surface area contributed by atoms with E-state index in [9.17, 15) is 14.4 Å². The Morgan fingerprint density at radius 2 is 2.00 bits per heavy atom. The Labute approximate surface area is 193 Å². The van der Waals surface area contributed by atoms with Crippen LogP contribution in [0.4, 0.5) is 0 Å². The predicted octanol–water partition coefficient (Wildman–Crippen LogP) is 1.89. The quantitative estimate of drug-likeness (QED) is 0.546. The standard InChI is InChI=1S/C26H26N4O3/c1-2-20-9-7-17(12-27-20)13-29-14-18(15-29)6-8-19-4-3-5-21-22(19)16-30(26(21)33)23-10-11-24(31)28-25(23)32/h1,3-5,7,9,12,18,23H,6,8,10-11,13-16H2,(H,28,31,32). The minimum atomic E-state index is -0.570. The molecule has 0 aliphatic carbocycles. The number of rotatable bonds is 6. The van der Waals surface area contributed by atoms with Crippen LogP contribution in [0.5, 0.6) is 0 Å². The molecule has 7 nitrogen and oxygen atoms in total. The predicted molar refractivity (Wildman–Crippen MR) is 122 cm³/mol. The van der Waals surface area contributed by atoms with Crippen LogP contribution in [-0.4, -0.2) is 51.6 Å². The lowest BCUT2D eigenvalue weighted by Gasteiger charge is -2.39. The van der Waals surface area contributed by atoms with Crippen molar-refractivity contribution in [3.8, 4) is 12.3 Å². The smallest absolute Gasteiger partial charge is 0.255 e. The second kappa shape index (κ2) is 8.80. The highest BCUT2D eigenvalue weighted by molar-refractivity contribution is 6.05. The molecule has 2 fully saturated rings. The van der Waals surface area contributed by atoms with Crippen LogP contribution < -0.4 is 5.32 Å². The minimum absolute atomic E-state index is 0.111. The molecule has 1 unspecified atom stereocenters. The zero-order valence-corrected chi connectivity index (χ0v) is 18.4. The summed E-state index contributed by atoms with van der Waals surface area (Å²) in [5.41, 5.74) is 4.73. The average molecular weight is 443 g/mol. The van der Waals surface area contributed by atoms with Gasteiger partial charge in [-0.2, -0.15) is 0 Å². The van der Waals surface area contributed by atoms with E-state index < -0.39 is 6.04 Å². The number of benzene rings is 1. The summed E-state index contributed by atoms with van der Waals surface area (Å²) in [4.78, 5) is 45.0. The van der Waals surface area contributed by atoms with Gasteiger partial charge in [-0.1, -0.05) is 24.1 Å². The van der Waals surface area contributed by atoms with Crippen molar-refractivity contribution >= 4 is 17.7 Å². The molecule has 2 aromatic rings. The monoisotopic (exact) mass is 442 g/mol. The maximum Gasteiger partial charge on any atom is 0.255 e. The van der Waals surface area contributed by atoms with Crippen molar-refractivity contribution in [2.75, 3.05) is 13.1 Å². The van der Waals surface area contributed by atoms with Gasteiger partial charge in [0.15, 0.2) is 0 Å². The summed E-state index contributed by atoms with van der Waals surface area (Å²) < 4.78 is 0. The molecule has 0 spiro atoms. The lowest BCUT2D eigenvalue weighted by Crippen LogP contribution is -2.52. The van der Waals surface area contributed by atoms with Gasteiger partial charge in [0.1, 0.15) is 11.7 Å². The molecule has 7 heteroatoms. The Morgan fingerprint density at radius 3 is 2.73 bits per heavy atom.